The number of Topliss-reactive ketones (excluding diaryl/α,β-unsaturated/α-hetero) is 1. The van der Waals surface area contributed by atoms with Gasteiger partial charge in [0, 0.05) is 37.2 Å². The molecule has 0 radical (unpaired) electrons. The van der Waals surface area contributed by atoms with Crippen molar-refractivity contribution >= 4 is 23.6 Å². The molecule has 12 nitrogen and oxygen atoms in total. The van der Waals surface area contributed by atoms with E-state index in [1.54, 1.807) is 18.9 Å². The van der Waals surface area contributed by atoms with E-state index in [4.69, 9.17) is 28.7 Å². The van der Waals surface area contributed by atoms with Gasteiger partial charge in [-0.15, -0.1) is 6.58 Å². The Morgan fingerprint density at radius 3 is 2.43 bits per heavy atom. The molecule has 47 heavy (non-hydrogen) atoms. The van der Waals surface area contributed by atoms with Gasteiger partial charge in [-0.25, -0.2) is 4.79 Å². The summed E-state index contributed by atoms with van der Waals surface area (Å²) in [5, 5.41) is 11.4. The van der Waals surface area contributed by atoms with Gasteiger partial charge in [-0.2, -0.15) is 0 Å². The number of rotatable bonds is 7. The van der Waals surface area contributed by atoms with Crippen molar-refractivity contribution in [3.63, 3.8) is 0 Å². The minimum Gasteiger partial charge on any atom is -0.457 e. The number of aliphatic hydroxyl groups excluding tert-OH is 1. The zero-order valence-corrected chi connectivity index (χ0v) is 29.9. The summed E-state index contributed by atoms with van der Waals surface area (Å²) in [4.78, 5) is 50.4. The molecule has 0 saturated carbocycles. The number of aliphatic hydroxyl groups is 1. The maximum atomic E-state index is 14.4. The number of ketones is 1. The third kappa shape index (κ3) is 7.04. The van der Waals surface area contributed by atoms with Crippen molar-refractivity contribution in [1.82, 2.24) is 9.80 Å². The summed E-state index contributed by atoms with van der Waals surface area (Å²) in [7, 11) is 5.38. The number of fused-ring (bicyclic) bond motifs is 1. The normalized spacial score (nSPS) is 43.5. The maximum Gasteiger partial charge on any atom is 0.410 e. The van der Waals surface area contributed by atoms with Crippen molar-refractivity contribution in [3.05, 3.63) is 12.7 Å². The van der Waals surface area contributed by atoms with E-state index in [0.717, 1.165) is 5.71 Å². The van der Waals surface area contributed by atoms with Crippen molar-refractivity contribution in [2.24, 2.45) is 28.7 Å². The molecule has 3 saturated heterocycles. The molecule has 2 bridgehead atoms. The molecule has 0 aliphatic carbocycles. The van der Waals surface area contributed by atoms with E-state index < -0.39 is 71.5 Å². The lowest BCUT2D eigenvalue weighted by Crippen LogP contribution is -2.60. The molecular weight excluding hydrogens is 606 g/mol. The molecule has 4 rings (SSSR count). The lowest BCUT2D eigenvalue weighted by Gasteiger charge is -2.47. The molecule has 0 aromatic carbocycles. The van der Waals surface area contributed by atoms with E-state index in [1.165, 1.54) is 6.08 Å². The van der Waals surface area contributed by atoms with E-state index >= 15 is 0 Å². The second kappa shape index (κ2) is 14.6. The predicted octanol–water partition coefficient (Wildman–Crippen LogP) is 3.63. The zero-order chi connectivity index (χ0) is 35.0. The molecule has 266 valence electrons. The molecule has 4 aliphatic rings. The smallest absolute Gasteiger partial charge is 0.410 e. The molecule has 0 aromatic heterocycles. The van der Waals surface area contributed by atoms with Crippen LogP contribution in [-0.2, 0) is 33.3 Å². The molecule has 3 fully saturated rings. The first-order valence-corrected chi connectivity index (χ1v) is 17.1. The SMILES string of the molecule is C=CCC1C(=O)O[C@H](CC)[C@@]2(C)OC(=O)N3CCN=C([C@H](C)C[C@](C)(OC)[C@H](O[C@@H]4O[C@H](C)C[C@H](N(C)C)[C@H]4O)[C@@H](C)C1=O)[C@H](C)[C@@H]32. The number of carbonyl (C=O) groups excluding carboxylic acids is 3. The molecule has 1 unspecified atom stereocenters. The van der Waals surface area contributed by atoms with Gasteiger partial charge in [-0.1, -0.05) is 33.8 Å². The highest BCUT2D eigenvalue weighted by Gasteiger charge is 2.60. The Balaban J connectivity index is 1.85. The van der Waals surface area contributed by atoms with E-state index in [9.17, 15) is 19.5 Å². The van der Waals surface area contributed by atoms with Crippen molar-refractivity contribution in [2.75, 3.05) is 34.3 Å². The predicted molar refractivity (Wildman–Crippen MR) is 176 cm³/mol. The summed E-state index contributed by atoms with van der Waals surface area (Å²) in [6.07, 6.45) is -1.50. The van der Waals surface area contributed by atoms with E-state index in [1.807, 2.05) is 53.6 Å². The monoisotopic (exact) mass is 663 g/mol. The number of esters is 1. The van der Waals surface area contributed by atoms with Crippen molar-refractivity contribution in [1.29, 1.82) is 0 Å². The molecular formula is C35H57N3O9. The van der Waals surface area contributed by atoms with Crippen LogP contribution in [-0.4, -0.2) is 127 Å². The lowest BCUT2D eigenvalue weighted by atomic mass is 9.72. The Hall–Kier alpha value is -2.38. The van der Waals surface area contributed by atoms with Crippen LogP contribution < -0.4 is 0 Å². The van der Waals surface area contributed by atoms with Crippen molar-refractivity contribution in [3.8, 4) is 0 Å². The quantitative estimate of drug-likeness (QED) is 0.244. The Labute approximate surface area is 280 Å². The van der Waals surface area contributed by atoms with Crippen LogP contribution in [0.1, 0.15) is 74.1 Å². The highest BCUT2D eigenvalue weighted by atomic mass is 16.7. The van der Waals surface area contributed by atoms with Crippen LogP contribution in [0.5, 0.6) is 0 Å². The average Bonchev–Trinajstić information content (AvgIpc) is 3.14. The number of methoxy groups -OCH3 is 1. The van der Waals surface area contributed by atoms with Gasteiger partial charge in [0.25, 0.3) is 0 Å². The van der Waals surface area contributed by atoms with Gasteiger partial charge in [-0.05, 0) is 66.5 Å². The van der Waals surface area contributed by atoms with Gasteiger partial charge in [0.05, 0.1) is 30.4 Å². The molecule has 4 aliphatic heterocycles. The van der Waals surface area contributed by atoms with E-state index in [-0.39, 0.29) is 30.4 Å². The Bertz CT molecular complexity index is 1210. The van der Waals surface area contributed by atoms with Crippen LogP contribution >= 0.6 is 0 Å². The summed E-state index contributed by atoms with van der Waals surface area (Å²) in [6, 6.07) is -0.687. The third-order valence-electron chi connectivity index (χ3n) is 11.1. The second-order valence-electron chi connectivity index (χ2n) is 14.6. The fraction of sp³-hybridized carbons (Fsp3) is 0.829. The van der Waals surface area contributed by atoms with Gasteiger partial charge in [-0.3, -0.25) is 19.5 Å². The minimum atomic E-state index is -1.18. The number of aliphatic imine (C=N–C) groups is 1. The van der Waals surface area contributed by atoms with E-state index in [2.05, 4.69) is 13.5 Å². The van der Waals surface area contributed by atoms with Gasteiger partial charge < -0.3 is 33.7 Å². The molecule has 1 amide bonds. The summed E-state index contributed by atoms with van der Waals surface area (Å²) >= 11 is 0. The molecule has 0 spiro atoms. The fourth-order valence-corrected chi connectivity index (χ4v) is 8.59. The fourth-order valence-electron chi connectivity index (χ4n) is 8.59. The Morgan fingerprint density at radius 2 is 1.83 bits per heavy atom. The zero-order valence-electron chi connectivity index (χ0n) is 29.9. The summed E-state index contributed by atoms with van der Waals surface area (Å²) in [6.45, 7) is 17.9. The van der Waals surface area contributed by atoms with Gasteiger partial charge in [0.15, 0.2) is 17.7 Å². The molecule has 12 heteroatoms. The number of hydrogen-bond acceptors (Lipinski definition) is 11. The third-order valence-corrected chi connectivity index (χ3v) is 11.1. The number of allylic oxidation sites excluding steroid dienone is 1. The first kappa shape index (κ1) is 37.4. The van der Waals surface area contributed by atoms with Crippen LogP contribution in [0.4, 0.5) is 4.79 Å². The van der Waals surface area contributed by atoms with Crippen molar-refractivity contribution in [2.45, 2.75) is 128 Å². The first-order valence-electron chi connectivity index (χ1n) is 17.1. The summed E-state index contributed by atoms with van der Waals surface area (Å²) < 4.78 is 31.4. The lowest BCUT2D eigenvalue weighted by molar-refractivity contribution is -0.295. The molecule has 13 atom stereocenters. The summed E-state index contributed by atoms with van der Waals surface area (Å²) in [5.74, 6) is -3.58. The van der Waals surface area contributed by atoms with Gasteiger partial charge >= 0.3 is 12.1 Å². The number of carbonyl (C=O) groups is 3. The highest BCUT2D eigenvalue weighted by molar-refractivity contribution is 6.00. The Kier molecular flexibility index (Phi) is 11.6. The van der Waals surface area contributed by atoms with Crippen LogP contribution in [0.2, 0.25) is 0 Å². The number of likely N-dealkylation sites (N-methyl/N-ethyl adjacent to an activating group) is 1. The van der Waals surface area contributed by atoms with Crippen LogP contribution in [0.3, 0.4) is 0 Å². The van der Waals surface area contributed by atoms with Crippen molar-refractivity contribution < 1.29 is 43.2 Å². The molecule has 1 N–H and O–H groups in total. The highest BCUT2D eigenvalue weighted by Crippen LogP contribution is 2.44. The van der Waals surface area contributed by atoms with Crippen LogP contribution in [0.25, 0.3) is 0 Å². The Morgan fingerprint density at radius 1 is 1.15 bits per heavy atom. The topological polar surface area (TPSA) is 136 Å². The maximum absolute atomic E-state index is 14.4. The number of nitrogens with zero attached hydrogens (tertiary/aromatic N) is 3. The molecule has 0 aromatic rings. The van der Waals surface area contributed by atoms with Gasteiger partial charge in [0.1, 0.15) is 18.1 Å². The standard InChI is InChI=1S/C35H57N3O9/c1-12-14-23-27(39)22(6)30(46-32-28(40)24(37(9)10)17-20(4)44-32)34(7,43-11)18-19(3)26-21(5)29-35(8,25(13-2)45-31(23)41)47-33(42)38(29)16-15-36-26/h12,19-25,28-30,32,40H,1,13-18H2,2-11H3/t19-,20-,21+,22+,23?,24+,25-,28-,29-,30-,32+,34+,35-/m1/s1. The van der Waals surface area contributed by atoms with Crippen LogP contribution in [0, 0.1) is 23.7 Å². The minimum absolute atomic E-state index is 0.0484. The summed E-state index contributed by atoms with van der Waals surface area (Å²) in [5.41, 5.74) is -1.38. The first-order chi connectivity index (χ1) is 22.0. The number of hydrogen-bond donors (Lipinski definition) is 1. The van der Waals surface area contributed by atoms with E-state index in [0.29, 0.717) is 32.4 Å². The average molecular weight is 664 g/mol. The van der Waals surface area contributed by atoms with Crippen LogP contribution in [0.15, 0.2) is 17.6 Å². The van der Waals surface area contributed by atoms with Gasteiger partial charge in [0.2, 0.25) is 0 Å². The number of ether oxygens (including phenoxy) is 5. The number of amides is 1. The largest absolute Gasteiger partial charge is 0.457 e. The molecule has 4 heterocycles. The number of cyclic esters (lactones) is 1. The second-order valence-corrected chi connectivity index (χ2v) is 14.6.